The maximum atomic E-state index is 5.03. The van der Waals surface area contributed by atoms with Crippen LogP contribution in [0.4, 0.5) is 0 Å². The fourth-order valence-corrected chi connectivity index (χ4v) is 3.95. The summed E-state index contributed by atoms with van der Waals surface area (Å²) in [6.45, 7) is 2.16. The molecule has 0 amide bonds. The standard InChI is InChI=1S/C30H23N/c1-22-10-8-9-15-28(22)27-20-29(25-13-6-3-7-14-25)31-30(21-27)26-18-16-24(17-19-26)23-11-4-2-5-12-23/h2-21H,1H3. The highest BCUT2D eigenvalue weighted by Gasteiger charge is 2.10. The number of benzene rings is 4. The predicted molar refractivity (Wildman–Crippen MR) is 131 cm³/mol. The number of hydrogen-bond donors (Lipinski definition) is 0. The molecule has 1 nitrogen and oxygen atoms in total. The van der Waals surface area contributed by atoms with Crippen molar-refractivity contribution in [2.24, 2.45) is 0 Å². The number of aromatic nitrogens is 1. The molecule has 148 valence electrons. The molecule has 0 bridgehead atoms. The van der Waals surface area contributed by atoms with E-state index < -0.39 is 0 Å². The predicted octanol–water partition coefficient (Wildman–Crippen LogP) is 8.06. The molecule has 0 saturated carbocycles. The minimum Gasteiger partial charge on any atom is -0.248 e. The van der Waals surface area contributed by atoms with Crippen molar-refractivity contribution in [3.63, 3.8) is 0 Å². The highest BCUT2D eigenvalue weighted by atomic mass is 14.7. The molecule has 0 aliphatic carbocycles. The minimum atomic E-state index is 0.985. The van der Waals surface area contributed by atoms with Gasteiger partial charge in [-0.25, -0.2) is 4.98 Å². The molecule has 0 spiro atoms. The van der Waals surface area contributed by atoms with Crippen molar-refractivity contribution in [3.05, 3.63) is 127 Å². The van der Waals surface area contributed by atoms with Crippen molar-refractivity contribution in [3.8, 4) is 44.8 Å². The summed E-state index contributed by atoms with van der Waals surface area (Å²) in [6.07, 6.45) is 0. The fourth-order valence-electron chi connectivity index (χ4n) is 3.95. The average molecular weight is 398 g/mol. The number of pyridine rings is 1. The first-order chi connectivity index (χ1) is 15.3. The van der Waals surface area contributed by atoms with Crippen molar-refractivity contribution in [2.45, 2.75) is 6.92 Å². The van der Waals surface area contributed by atoms with Crippen molar-refractivity contribution >= 4 is 0 Å². The molecule has 1 heteroatoms. The molecule has 0 radical (unpaired) electrons. The molecule has 0 aliphatic rings. The largest absolute Gasteiger partial charge is 0.248 e. The van der Waals surface area contributed by atoms with E-state index in [0.29, 0.717) is 0 Å². The van der Waals surface area contributed by atoms with Gasteiger partial charge in [-0.1, -0.05) is 109 Å². The van der Waals surface area contributed by atoms with Crippen LogP contribution in [0, 0.1) is 6.92 Å². The summed E-state index contributed by atoms with van der Waals surface area (Å²) >= 11 is 0. The van der Waals surface area contributed by atoms with Gasteiger partial charge in [0.25, 0.3) is 0 Å². The number of hydrogen-bond acceptors (Lipinski definition) is 1. The smallest absolute Gasteiger partial charge is 0.0715 e. The van der Waals surface area contributed by atoms with Crippen molar-refractivity contribution in [1.29, 1.82) is 0 Å². The second-order valence-corrected chi connectivity index (χ2v) is 7.75. The third kappa shape index (κ3) is 4.04. The Morgan fingerprint density at radius 3 is 1.48 bits per heavy atom. The van der Waals surface area contributed by atoms with E-state index in [2.05, 4.69) is 116 Å². The van der Waals surface area contributed by atoms with E-state index in [9.17, 15) is 0 Å². The van der Waals surface area contributed by atoms with Crippen LogP contribution < -0.4 is 0 Å². The summed E-state index contributed by atoms with van der Waals surface area (Å²) in [5.74, 6) is 0. The highest BCUT2D eigenvalue weighted by Crippen LogP contribution is 2.32. The normalized spacial score (nSPS) is 10.7. The quantitative estimate of drug-likeness (QED) is 0.299. The van der Waals surface area contributed by atoms with Gasteiger partial charge in [-0.05, 0) is 46.9 Å². The van der Waals surface area contributed by atoms with Gasteiger partial charge in [0, 0.05) is 11.1 Å². The van der Waals surface area contributed by atoms with Gasteiger partial charge in [0.15, 0.2) is 0 Å². The summed E-state index contributed by atoms with van der Waals surface area (Å²) in [4.78, 5) is 5.03. The van der Waals surface area contributed by atoms with Gasteiger partial charge in [0.2, 0.25) is 0 Å². The molecule has 5 rings (SSSR count). The van der Waals surface area contributed by atoms with Crippen molar-refractivity contribution in [1.82, 2.24) is 4.98 Å². The summed E-state index contributed by atoms with van der Waals surface area (Å²) < 4.78 is 0. The van der Waals surface area contributed by atoms with Gasteiger partial charge in [-0.3, -0.25) is 0 Å². The molecule has 0 N–H and O–H groups in total. The summed E-state index contributed by atoms with van der Waals surface area (Å²) in [7, 11) is 0. The van der Waals surface area contributed by atoms with Crippen LogP contribution >= 0.6 is 0 Å². The van der Waals surface area contributed by atoms with E-state index in [1.165, 1.54) is 27.8 Å². The summed E-state index contributed by atoms with van der Waals surface area (Å²) in [6, 6.07) is 42.5. The second kappa shape index (κ2) is 8.41. The fraction of sp³-hybridized carbons (Fsp3) is 0.0333. The lowest BCUT2D eigenvalue weighted by atomic mass is 9.96. The monoisotopic (exact) mass is 397 g/mol. The SMILES string of the molecule is Cc1ccccc1-c1cc(-c2ccccc2)nc(-c2ccc(-c3ccccc3)cc2)c1. The lowest BCUT2D eigenvalue weighted by Gasteiger charge is -2.12. The first-order valence-corrected chi connectivity index (χ1v) is 10.6. The van der Waals surface area contributed by atoms with Gasteiger partial charge in [0.05, 0.1) is 11.4 Å². The molecule has 0 fully saturated rings. The first kappa shape index (κ1) is 19.0. The lowest BCUT2D eigenvalue weighted by Crippen LogP contribution is -1.92. The molecule has 4 aromatic carbocycles. The Bertz CT molecular complexity index is 1300. The van der Waals surface area contributed by atoms with E-state index >= 15 is 0 Å². The van der Waals surface area contributed by atoms with Crippen LogP contribution in [0.2, 0.25) is 0 Å². The van der Waals surface area contributed by atoms with Crippen molar-refractivity contribution in [2.75, 3.05) is 0 Å². The summed E-state index contributed by atoms with van der Waals surface area (Å²) in [5, 5.41) is 0. The molecule has 31 heavy (non-hydrogen) atoms. The number of nitrogens with zero attached hydrogens (tertiary/aromatic N) is 1. The van der Waals surface area contributed by atoms with Crippen LogP contribution in [0.15, 0.2) is 121 Å². The molecule has 0 atom stereocenters. The van der Waals surface area contributed by atoms with Crippen molar-refractivity contribution < 1.29 is 0 Å². The number of aryl methyl sites for hydroxylation is 1. The van der Waals surface area contributed by atoms with Gasteiger partial charge < -0.3 is 0 Å². The highest BCUT2D eigenvalue weighted by molar-refractivity contribution is 5.78. The Kier molecular flexibility index (Phi) is 5.16. The molecular formula is C30H23N. The zero-order valence-corrected chi connectivity index (χ0v) is 17.5. The molecule has 5 aromatic rings. The van der Waals surface area contributed by atoms with E-state index in [-0.39, 0.29) is 0 Å². The van der Waals surface area contributed by atoms with Crippen LogP contribution in [0.1, 0.15) is 5.56 Å². The molecule has 0 saturated heterocycles. The average Bonchev–Trinajstić information content (AvgIpc) is 2.85. The van der Waals surface area contributed by atoms with Crippen LogP contribution in [0.5, 0.6) is 0 Å². The Balaban J connectivity index is 1.63. The maximum Gasteiger partial charge on any atom is 0.0715 e. The lowest BCUT2D eigenvalue weighted by molar-refractivity contribution is 1.32. The Labute approximate surface area is 183 Å². The molecular weight excluding hydrogens is 374 g/mol. The Morgan fingerprint density at radius 2 is 0.871 bits per heavy atom. The first-order valence-electron chi connectivity index (χ1n) is 10.6. The maximum absolute atomic E-state index is 5.03. The van der Waals surface area contributed by atoms with Crippen LogP contribution in [0.25, 0.3) is 44.8 Å². The van der Waals surface area contributed by atoms with Crippen LogP contribution in [0.3, 0.4) is 0 Å². The van der Waals surface area contributed by atoms with E-state index in [1.807, 2.05) is 12.1 Å². The Morgan fingerprint density at radius 1 is 0.419 bits per heavy atom. The third-order valence-corrected chi connectivity index (χ3v) is 5.64. The van der Waals surface area contributed by atoms with Crippen LogP contribution in [-0.4, -0.2) is 4.98 Å². The molecule has 1 aromatic heterocycles. The van der Waals surface area contributed by atoms with E-state index in [0.717, 1.165) is 22.5 Å². The molecule has 1 heterocycles. The van der Waals surface area contributed by atoms with Gasteiger partial charge in [0.1, 0.15) is 0 Å². The second-order valence-electron chi connectivity index (χ2n) is 7.75. The van der Waals surface area contributed by atoms with E-state index in [1.54, 1.807) is 0 Å². The van der Waals surface area contributed by atoms with Gasteiger partial charge >= 0.3 is 0 Å². The number of rotatable bonds is 4. The minimum absolute atomic E-state index is 0.985. The topological polar surface area (TPSA) is 12.9 Å². The Hall–Kier alpha value is -3.97. The summed E-state index contributed by atoms with van der Waals surface area (Å²) in [5.41, 5.74) is 10.3. The molecule has 0 unspecified atom stereocenters. The zero-order chi connectivity index (χ0) is 21.0. The third-order valence-electron chi connectivity index (χ3n) is 5.64. The van der Waals surface area contributed by atoms with Crippen LogP contribution in [-0.2, 0) is 0 Å². The zero-order valence-electron chi connectivity index (χ0n) is 17.5. The van der Waals surface area contributed by atoms with E-state index in [4.69, 9.17) is 4.98 Å². The van der Waals surface area contributed by atoms with Gasteiger partial charge in [-0.2, -0.15) is 0 Å². The molecule has 0 aliphatic heterocycles. The van der Waals surface area contributed by atoms with Gasteiger partial charge in [-0.15, -0.1) is 0 Å².